The molecule has 5 rings (SSSR count). The van der Waals surface area contributed by atoms with Crippen molar-refractivity contribution in [1.82, 2.24) is 0 Å². The average molecular weight is 421 g/mol. The van der Waals surface area contributed by atoms with E-state index in [4.69, 9.17) is 0 Å². The summed E-state index contributed by atoms with van der Waals surface area (Å²) in [6.07, 6.45) is 0. The highest BCUT2D eigenvalue weighted by Crippen LogP contribution is 2.40. The summed E-state index contributed by atoms with van der Waals surface area (Å²) < 4.78 is 2.53. The molecule has 0 saturated carbocycles. The molecule has 0 radical (unpaired) electrons. The summed E-state index contributed by atoms with van der Waals surface area (Å²) in [4.78, 5) is 0. The van der Waals surface area contributed by atoms with Crippen molar-refractivity contribution in [1.29, 1.82) is 0 Å². The standard InChI is InChI=1S/C29H26NS/c1-2-30-18-19-31-29(30)28-26(23-14-8-4-9-15-23)20-25(22-12-6-3-7-13-22)21-27(28)24-16-10-5-11-17-24/h3-17,20-21H,2,18-19H2,1H3/q+1. The Balaban J connectivity index is 1.87. The Kier molecular flexibility index (Phi) is 5.73. The van der Waals surface area contributed by atoms with Crippen molar-refractivity contribution >= 4 is 16.8 Å². The fourth-order valence-corrected chi connectivity index (χ4v) is 5.61. The third kappa shape index (κ3) is 3.96. The fourth-order valence-electron chi connectivity index (χ4n) is 4.34. The van der Waals surface area contributed by atoms with Gasteiger partial charge in [-0.2, -0.15) is 0 Å². The zero-order valence-electron chi connectivity index (χ0n) is 17.8. The number of nitrogens with zero attached hydrogens (tertiary/aromatic N) is 1. The molecule has 0 fully saturated rings. The first kappa shape index (κ1) is 19.8. The zero-order valence-corrected chi connectivity index (χ0v) is 18.6. The Morgan fingerprint density at radius 3 is 1.61 bits per heavy atom. The topological polar surface area (TPSA) is 3.01 Å². The lowest BCUT2D eigenvalue weighted by molar-refractivity contribution is -0.513. The van der Waals surface area contributed by atoms with Crippen LogP contribution in [0.15, 0.2) is 103 Å². The van der Waals surface area contributed by atoms with Crippen molar-refractivity contribution in [2.45, 2.75) is 6.92 Å². The SMILES string of the molecule is CC[N+]1=C(c2c(-c3ccccc3)cc(-c3ccccc3)cc2-c2ccccc2)SCC1. The Labute approximate surface area is 189 Å². The van der Waals surface area contributed by atoms with Gasteiger partial charge in [-0.3, -0.25) is 0 Å². The summed E-state index contributed by atoms with van der Waals surface area (Å²) in [7, 11) is 0. The van der Waals surface area contributed by atoms with Crippen molar-refractivity contribution in [3.63, 3.8) is 0 Å². The molecule has 1 aliphatic heterocycles. The van der Waals surface area contributed by atoms with Crippen LogP contribution in [-0.2, 0) is 0 Å². The van der Waals surface area contributed by atoms with E-state index < -0.39 is 0 Å². The summed E-state index contributed by atoms with van der Waals surface area (Å²) in [5.74, 6) is 1.14. The van der Waals surface area contributed by atoms with Crippen LogP contribution in [0.2, 0.25) is 0 Å². The molecule has 0 saturated heterocycles. The van der Waals surface area contributed by atoms with E-state index in [0.717, 1.165) is 18.8 Å². The molecule has 0 unspecified atom stereocenters. The van der Waals surface area contributed by atoms with Gasteiger partial charge in [-0.15, -0.1) is 0 Å². The van der Waals surface area contributed by atoms with Crippen LogP contribution >= 0.6 is 11.8 Å². The maximum Gasteiger partial charge on any atom is 0.243 e. The van der Waals surface area contributed by atoms with Crippen molar-refractivity contribution in [2.75, 3.05) is 18.8 Å². The van der Waals surface area contributed by atoms with Gasteiger partial charge in [-0.1, -0.05) is 103 Å². The molecule has 0 aromatic heterocycles. The molecule has 2 heteroatoms. The highest BCUT2D eigenvalue weighted by atomic mass is 32.2. The van der Waals surface area contributed by atoms with Crippen molar-refractivity contribution in [3.8, 4) is 33.4 Å². The molecule has 152 valence electrons. The molecule has 31 heavy (non-hydrogen) atoms. The van der Waals surface area contributed by atoms with Crippen LogP contribution in [0.1, 0.15) is 12.5 Å². The van der Waals surface area contributed by atoms with Crippen LogP contribution in [0, 0.1) is 0 Å². The number of rotatable bonds is 5. The molecular formula is C29H26NS+. The predicted octanol–water partition coefficient (Wildman–Crippen LogP) is 7.21. The van der Waals surface area contributed by atoms with Gasteiger partial charge in [0.2, 0.25) is 5.04 Å². The van der Waals surface area contributed by atoms with Crippen LogP contribution in [-0.4, -0.2) is 28.5 Å². The Morgan fingerprint density at radius 1 is 0.645 bits per heavy atom. The van der Waals surface area contributed by atoms with Crippen LogP contribution in [0.5, 0.6) is 0 Å². The van der Waals surface area contributed by atoms with Gasteiger partial charge < -0.3 is 0 Å². The van der Waals surface area contributed by atoms with Crippen LogP contribution in [0.25, 0.3) is 33.4 Å². The first-order chi connectivity index (χ1) is 15.3. The van der Waals surface area contributed by atoms with E-state index in [9.17, 15) is 0 Å². The van der Waals surface area contributed by atoms with Gasteiger partial charge in [-0.05, 0) is 52.4 Å². The molecular weight excluding hydrogens is 394 g/mol. The number of hydrogen-bond donors (Lipinski definition) is 0. The smallest absolute Gasteiger partial charge is 0.223 e. The second kappa shape index (κ2) is 8.95. The molecule has 4 aromatic rings. The minimum absolute atomic E-state index is 1.03. The van der Waals surface area contributed by atoms with Gasteiger partial charge in [0.1, 0.15) is 6.54 Å². The lowest BCUT2D eigenvalue weighted by atomic mass is 9.88. The molecule has 0 bridgehead atoms. The van der Waals surface area contributed by atoms with Crippen molar-refractivity contribution < 1.29 is 4.58 Å². The summed E-state index contributed by atoms with van der Waals surface area (Å²) >= 11 is 1.99. The average Bonchev–Trinajstić information content (AvgIpc) is 3.33. The van der Waals surface area contributed by atoms with Crippen LogP contribution in [0.4, 0.5) is 0 Å². The molecule has 0 N–H and O–H groups in total. The second-order valence-corrected chi connectivity index (χ2v) is 8.86. The summed E-state index contributed by atoms with van der Waals surface area (Å²) in [5.41, 5.74) is 9.02. The van der Waals surface area contributed by atoms with Gasteiger partial charge >= 0.3 is 0 Å². The first-order valence-electron chi connectivity index (χ1n) is 10.9. The Hall–Kier alpha value is -3.10. The van der Waals surface area contributed by atoms with E-state index in [1.807, 2.05) is 11.8 Å². The quantitative estimate of drug-likeness (QED) is 0.308. The third-order valence-electron chi connectivity index (χ3n) is 5.90. The van der Waals surface area contributed by atoms with E-state index in [1.165, 1.54) is 44.0 Å². The molecule has 0 atom stereocenters. The van der Waals surface area contributed by atoms with Gasteiger partial charge in [0.05, 0.1) is 11.3 Å². The normalized spacial score (nSPS) is 13.6. The fraction of sp³-hybridized carbons (Fsp3) is 0.138. The minimum Gasteiger partial charge on any atom is -0.223 e. The summed E-state index contributed by atoms with van der Waals surface area (Å²) in [6.45, 7) is 4.40. The Morgan fingerprint density at radius 2 is 1.13 bits per heavy atom. The highest BCUT2D eigenvalue weighted by molar-refractivity contribution is 8.14. The van der Waals surface area contributed by atoms with E-state index in [2.05, 4.69) is 115 Å². The molecule has 1 heterocycles. The molecule has 1 nitrogen and oxygen atoms in total. The van der Waals surface area contributed by atoms with Gasteiger partial charge in [0.25, 0.3) is 0 Å². The maximum absolute atomic E-state index is 2.53. The lowest BCUT2D eigenvalue weighted by Crippen LogP contribution is -2.16. The predicted molar refractivity (Wildman–Crippen MR) is 135 cm³/mol. The highest BCUT2D eigenvalue weighted by Gasteiger charge is 2.29. The summed E-state index contributed by atoms with van der Waals surface area (Å²) in [5, 5.41) is 1.40. The molecule has 1 aliphatic rings. The monoisotopic (exact) mass is 420 g/mol. The van der Waals surface area contributed by atoms with Gasteiger partial charge in [0.15, 0.2) is 6.54 Å². The molecule has 4 aromatic carbocycles. The van der Waals surface area contributed by atoms with Crippen molar-refractivity contribution in [2.24, 2.45) is 0 Å². The van der Waals surface area contributed by atoms with Crippen LogP contribution < -0.4 is 0 Å². The first-order valence-corrected chi connectivity index (χ1v) is 11.9. The van der Waals surface area contributed by atoms with Gasteiger partial charge in [-0.25, -0.2) is 4.58 Å². The van der Waals surface area contributed by atoms with E-state index in [1.54, 1.807) is 0 Å². The number of hydrogen-bond acceptors (Lipinski definition) is 1. The zero-order chi connectivity index (χ0) is 21.0. The maximum atomic E-state index is 2.53. The van der Waals surface area contributed by atoms with Gasteiger partial charge in [0, 0.05) is 0 Å². The summed E-state index contributed by atoms with van der Waals surface area (Å²) in [6, 6.07) is 37.2. The second-order valence-electron chi connectivity index (χ2n) is 7.78. The Bertz CT molecular complexity index is 1150. The number of benzene rings is 4. The molecule has 0 amide bonds. The number of thioether (sulfide) groups is 1. The third-order valence-corrected chi connectivity index (χ3v) is 7.02. The lowest BCUT2D eigenvalue weighted by Gasteiger charge is -2.17. The van der Waals surface area contributed by atoms with E-state index in [-0.39, 0.29) is 0 Å². The largest absolute Gasteiger partial charge is 0.243 e. The van der Waals surface area contributed by atoms with E-state index in [0.29, 0.717) is 0 Å². The van der Waals surface area contributed by atoms with Crippen molar-refractivity contribution in [3.05, 3.63) is 109 Å². The van der Waals surface area contributed by atoms with Crippen LogP contribution in [0.3, 0.4) is 0 Å². The molecule has 0 aliphatic carbocycles. The molecule has 0 spiro atoms. The van der Waals surface area contributed by atoms with E-state index >= 15 is 0 Å². The minimum atomic E-state index is 1.03.